The van der Waals surface area contributed by atoms with Gasteiger partial charge in [0.2, 0.25) is 5.91 Å². The maximum Gasteiger partial charge on any atom is 0.241 e. The van der Waals surface area contributed by atoms with E-state index in [4.69, 9.17) is 0 Å². The van der Waals surface area contributed by atoms with E-state index in [1.165, 1.54) is 38.8 Å². The second kappa shape index (κ2) is 9.79. The molecule has 0 aromatic rings. The Morgan fingerprint density at radius 3 is 2.33 bits per heavy atom. The molecule has 1 amide bonds. The molecule has 6 nitrogen and oxygen atoms in total. The van der Waals surface area contributed by atoms with Gasteiger partial charge in [0.25, 0.3) is 0 Å². The van der Waals surface area contributed by atoms with Crippen molar-refractivity contribution in [3.8, 4) is 0 Å². The highest BCUT2D eigenvalue weighted by atomic mass is 127. The molecule has 0 bridgehead atoms. The number of piperidine rings is 1. The minimum Gasteiger partial charge on any atom is -0.347 e. The summed E-state index contributed by atoms with van der Waals surface area (Å²) in [6.45, 7) is 6.78. The lowest BCUT2D eigenvalue weighted by Crippen LogP contribution is -2.47. The summed E-state index contributed by atoms with van der Waals surface area (Å²) in [5, 5.41) is 3.28. The topological polar surface area (TPSA) is 51.2 Å². The number of amides is 1. The molecule has 0 radical (unpaired) electrons. The zero-order valence-electron chi connectivity index (χ0n) is 14.9. The van der Waals surface area contributed by atoms with Gasteiger partial charge < -0.3 is 15.1 Å². The molecule has 24 heavy (non-hydrogen) atoms. The molecule has 0 aromatic carbocycles. The Balaban J connectivity index is 0.00000208. The van der Waals surface area contributed by atoms with Gasteiger partial charge in [0, 0.05) is 39.3 Å². The molecule has 1 unspecified atom stereocenters. The lowest BCUT2D eigenvalue weighted by molar-refractivity contribution is -0.128. The van der Waals surface area contributed by atoms with Crippen LogP contribution in [-0.4, -0.2) is 85.5 Å². The number of hydrogen-bond donors (Lipinski definition) is 1. The van der Waals surface area contributed by atoms with Crippen LogP contribution in [0.4, 0.5) is 0 Å². The highest BCUT2D eigenvalue weighted by Gasteiger charge is 2.30. The summed E-state index contributed by atoms with van der Waals surface area (Å²) < 4.78 is 0. The first kappa shape index (κ1) is 19.8. The third kappa shape index (κ3) is 4.97. The standard InChI is InChI=1S/C17H31N5O.HI/c1-18-17(19-13-16(23)21-10-5-6-11-21)22-12-7-15(14-22)20-8-3-2-4-9-20;/h15H,2-14H2,1H3,(H,18,19);1H. The summed E-state index contributed by atoms with van der Waals surface area (Å²) >= 11 is 0. The van der Waals surface area contributed by atoms with Crippen molar-refractivity contribution >= 4 is 35.8 Å². The lowest BCUT2D eigenvalue weighted by Gasteiger charge is -2.32. The first-order chi connectivity index (χ1) is 11.3. The number of guanidine groups is 1. The number of nitrogens with zero attached hydrogens (tertiary/aromatic N) is 4. The normalized spacial score (nSPS) is 25.7. The molecule has 3 rings (SSSR count). The van der Waals surface area contributed by atoms with Crippen molar-refractivity contribution < 1.29 is 4.79 Å². The van der Waals surface area contributed by atoms with Crippen LogP contribution in [0.5, 0.6) is 0 Å². The van der Waals surface area contributed by atoms with Gasteiger partial charge in [-0.1, -0.05) is 6.42 Å². The van der Waals surface area contributed by atoms with Crippen LogP contribution < -0.4 is 5.32 Å². The molecule has 3 aliphatic heterocycles. The van der Waals surface area contributed by atoms with E-state index in [1.54, 1.807) is 0 Å². The number of carbonyl (C=O) groups excluding carboxylic acids is 1. The number of halogens is 1. The molecule has 3 aliphatic rings. The SMILES string of the molecule is CN=C(NCC(=O)N1CCCC1)N1CCC(N2CCCCC2)C1.I. The summed E-state index contributed by atoms with van der Waals surface area (Å²) in [5.74, 6) is 1.09. The van der Waals surface area contributed by atoms with Crippen molar-refractivity contribution in [2.75, 3.05) is 52.9 Å². The number of likely N-dealkylation sites (tertiary alicyclic amines) is 3. The number of aliphatic imine (C=N–C) groups is 1. The Morgan fingerprint density at radius 2 is 1.67 bits per heavy atom. The van der Waals surface area contributed by atoms with Gasteiger partial charge in [-0.15, -0.1) is 24.0 Å². The molecule has 0 aromatic heterocycles. The number of carbonyl (C=O) groups is 1. The molecule has 1 atom stereocenters. The second-order valence-corrected chi connectivity index (χ2v) is 6.97. The van der Waals surface area contributed by atoms with E-state index in [9.17, 15) is 4.79 Å². The van der Waals surface area contributed by atoms with E-state index < -0.39 is 0 Å². The first-order valence-corrected chi connectivity index (χ1v) is 9.25. The molecule has 3 heterocycles. The minimum absolute atomic E-state index is 0. The van der Waals surface area contributed by atoms with Crippen molar-refractivity contribution in [2.45, 2.75) is 44.6 Å². The van der Waals surface area contributed by atoms with Gasteiger partial charge >= 0.3 is 0 Å². The van der Waals surface area contributed by atoms with Crippen LogP contribution in [-0.2, 0) is 4.79 Å². The van der Waals surface area contributed by atoms with Crippen molar-refractivity contribution in [3.63, 3.8) is 0 Å². The van der Waals surface area contributed by atoms with E-state index in [0.29, 0.717) is 12.6 Å². The Kier molecular flexibility index (Phi) is 8.06. The Hall–Kier alpha value is -0.570. The molecule has 0 aliphatic carbocycles. The number of rotatable bonds is 3. The van der Waals surface area contributed by atoms with Crippen LogP contribution in [0, 0.1) is 0 Å². The number of hydrogen-bond acceptors (Lipinski definition) is 3. The summed E-state index contributed by atoms with van der Waals surface area (Å²) in [7, 11) is 1.82. The third-order valence-electron chi connectivity index (χ3n) is 5.44. The maximum atomic E-state index is 12.2. The Labute approximate surface area is 163 Å². The molecular weight excluding hydrogens is 417 g/mol. The molecular formula is C17H32IN5O. The average Bonchev–Trinajstić information content (AvgIpc) is 3.28. The van der Waals surface area contributed by atoms with Crippen molar-refractivity contribution in [2.24, 2.45) is 4.99 Å². The van der Waals surface area contributed by atoms with Gasteiger partial charge in [-0.25, -0.2) is 0 Å². The van der Waals surface area contributed by atoms with Crippen molar-refractivity contribution in [3.05, 3.63) is 0 Å². The van der Waals surface area contributed by atoms with Crippen LogP contribution >= 0.6 is 24.0 Å². The third-order valence-corrected chi connectivity index (χ3v) is 5.44. The Morgan fingerprint density at radius 1 is 1.00 bits per heavy atom. The number of nitrogens with one attached hydrogen (secondary N) is 1. The van der Waals surface area contributed by atoms with Crippen LogP contribution in [0.2, 0.25) is 0 Å². The van der Waals surface area contributed by atoms with Gasteiger partial charge in [-0.2, -0.15) is 0 Å². The zero-order valence-corrected chi connectivity index (χ0v) is 17.2. The fourth-order valence-electron chi connectivity index (χ4n) is 4.08. The van der Waals surface area contributed by atoms with Gasteiger partial charge in [0.1, 0.15) is 0 Å². The molecule has 138 valence electrons. The van der Waals surface area contributed by atoms with Crippen molar-refractivity contribution in [1.29, 1.82) is 0 Å². The largest absolute Gasteiger partial charge is 0.347 e. The second-order valence-electron chi connectivity index (χ2n) is 6.97. The first-order valence-electron chi connectivity index (χ1n) is 9.25. The molecule has 0 spiro atoms. The molecule has 3 saturated heterocycles. The van der Waals surface area contributed by atoms with Gasteiger partial charge in [-0.3, -0.25) is 14.7 Å². The molecule has 1 N–H and O–H groups in total. The van der Waals surface area contributed by atoms with Crippen LogP contribution in [0.25, 0.3) is 0 Å². The highest BCUT2D eigenvalue weighted by Crippen LogP contribution is 2.20. The molecule has 7 heteroatoms. The van der Waals surface area contributed by atoms with Crippen LogP contribution in [0.1, 0.15) is 38.5 Å². The fraction of sp³-hybridized carbons (Fsp3) is 0.882. The van der Waals surface area contributed by atoms with Crippen molar-refractivity contribution in [1.82, 2.24) is 20.0 Å². The van der Waals surface area contributed by atoms with E-state index >= 15 is 0 Å². The predicted molar refractivity (Wildman–Crippen MR) is 108 cm³/mol. The smallest absolute Gasteiger partial charge is 0.241 e. The van der Waals surface area contributed by atoms with E-state index in [1.807, 2.05) is 11.9 Å². The molecule has 3 fully saturated rings. The summed E-state index contributed by atoms with van der Waals surface area (Å²) in [4.78, 5) is 23.5. The molecule has 0 saturated carbocycles. The summed E-state index contributed by atoms with van der Waals surface area (Å²) in [6.07, 6.45) is 7.56. The van der Waals surface area contributed by atoms with E-state index in [0.717, 1.165) is 45.0 Å². The predicted octanol–water partition coefficient (Wildman–Crippen LogP) is 1.36. The van der Waals surface area contributed by atoms with Gasteiger partial charge in [0.15, 0.2) is 5.96 Å². The summed E-state index contributed by atoms with van der Waals surface area (Å²) in [5.41, 5.74) is 0. The van der Waals surface area contributed by atoms with E-state index in [2.05, 4.69) is 20.1 Å². The summed E-state index contributed by atoms with van der Waals surface area (Å²) in [6, 6.07) is 0.656. The highest BCUT2D eigenvalue weighted by molar-refractivity contribution is 14.0. The average molecular weight is 449 g/mol. The maximum absolute atomic E-state index is 12.2. The monoisotopic (exact) mass is 449 g/mol. The fourth-order valence-corrected chi connectivity index (χ4v) is 4.08. The van der Waals surface area contributed by atoms with Gasteiger partial charge in [-0.05, 0) is 45.2 Å². The van der Waals surface area contributed by atoms with Crippen LogP contribution in [0.15, 0.2) is 4.99 Å². The zero-order chi connectivity index (χ0) is 16.1. The Bertz CT molecular complexity index is 433. The quantitative estimate of drug-likeness (QED) is 0.402. The van der Waals surface area contributed by atoms with Crippen LogP contribution in [0.3, 0.4) is 0 Å². The van der Waals surface area contributed by atoms with E-state index in [-0.39, 0.29) is 29.9 Å². The van der Waals surface area contributed by atoms with Gasteiger partial charge in [0.05, 0.1) is 6.54 Å². The lowest BCUT2D eigenvalue weighted by atomic mass is 10.1. The minimum atomic E-state index is 0.